The molecule has 0 aliphatic heterocycles. The summed E-state index contributed by atoms with van der Waals surface area (Å²) >= 11 is 1.22. The lowest BCUT2D eigenvalue weighted by Crippen LogP contribution is -2.56. The number of carbonyl (C=O) groups is 2. The highest BCUT2D eigenvalue weighted by Crippen LogP contribution is 2.40. The Kier molecular flexibility index (Phi) is 12.3. The zero-order valence-electron chi connectivity index (χ0n) is 28.0. The van der Waals surface area contributed by atoms with Crippen LogP contribution in [0.1, 0.15) is 67.0 Å². The third kappa shape index (κ3) is 8.04. The highest BCUT2D eigenvalue weighted by Gasteiger charge is 2.44. The van der Waals surface area contributed by atoms with Crippen LogP contribution in [0.25, 0.3) is 0 Å². The molecule has 0 radical (unpaired) electrons. The van der Waals surface area contributed by atoms with E-state index in [9.17, 15) is 23.1 Å². The van der Waals surface area contributed by atoms with Crippen molar-refractivity contribution in [3.8, 4) is 0 Å². The molecule has 256 valence electrons. The molecule has 3 N–H and O–H groups in total. The van der Waals surface area contributed by atoms with E-state index >= 15 is 0 Å². The van der Waals surface area contributed by atoms with Gasteiger partial charge in [-0.15, -0.1) is 11.3 Å². The summed E-state index contributed by atoms with van der Waals surface area (Å²) < 4.78 is 34.3. The molecule has 1 aromatic heterocycles. The fourth-order valence-electron chi connectivity index (χ4n) is 5.76. The minimum Gasteiger partial charge on any atom is -0.452 e. The summed E-state index contributed by atoms with van der Waals surface area (Å²) in [7, 11) is -2.77. The van der Waals surface area contributed by atoms with Crippen LogP contribution in [0.4, 0.5) is 4.79 Å². The number of methoxy groups -OCH3 is 1. The van der Waals surface area contributed by atoms with E-state index in [1.54, 1.807) is 44.2 Å². The molecule has 0 spiro atoms. The number of nitrogens with two attached hydrogens (primary N) is 1. The number of benzene rings is 3. The van der Waals surface area contributed by atoms with Crippen LogP contribution in [0.15, 0.2) is 108 Å². The second-order valence-corrected chi connectivity index (χ2v) is 15.5. The monoisotopic (exact) mass is 691 g/mol. The normalized spacial score (nSPS) is 13.5. The maximum Gasteiger partial charge on any atom is 0.417 e. The zero-order chi connectivity index (χ0) is 35.1. The third-order valence-electron chi connectivity index (χ3n) is 8.45. The summed E-state index contributed by atoms with van der Waals surface area (Å²) in [5.41, 5.74) is 7.14. The summed E-state index contributed by atoms with van der Waals surface area (Å²) in [6.45, 7) is 7.18. The Hall–Kier alpha value is -3.87. The molecule has 2 atom stereocenters. The molecule has 0 aliphatic rings. The number of hydrogen-bond donors (Lipinski definition) is 2. The van der Waals surface area contributed by atoms with Crippen LogP contribution in [-0.2, 0) is 25.1 Å². The minimum absolute atomic E-state index is 0.132. The summed E-state index contributed by atoms with van der Waals surface area (Å²) in [4.78, 5) is 30.1. The molecule has 4 aromatic rings. The first-order chi connectivity index (χ1) is 22.8. The smallest absolute Gasteiger partial charge is 0.417 e. The molecule has 48 heavy (non-hydrogen) atoms. The fourth-order valence-corrected chi connectivity index (χ4v) is 8.66. The first kappa shape index (κ1) is 37.0. The number of carbonyl (C=O) groups excluding carboxylic acids is 2. The van der Waals surface area contributed by atoms with Crippen LogP contribution >= 0.6 is 11.3 Å². The van der Waals surface area contributed by atoms with Gasteiger partial charge in [-0.25, -0.2) is 18.1 Å². The SMILES string of the molecule is COC(=O)N(C(=O)[C@@H](N)C(c1ccccc1)c1ccccc1)C(C)(C)c1ccc(C(CO)N(CCC(C)C)S(=O)(=O)c2ccccc2)s1. The van der Waals surface area contributed by atoms with Gasteiger partial charge in [0.05, 0.1) is 36.2 Å². The third-order valence-corrected chi connectivity index (χ3v) is 11.9. The number of thiophene rings is 1. The Morgan fingerprint density at radius 2 is 1.40 bits per heavy atom. The number of ether oxygens (including phenoxy) is 1. The van der Waals surface area contributed by atoms with Crippen molar-refractivity contribution in [3.63, 3.8) is 0 Å². The van der Waals surface area contributed by atoms with Gasteiger partial charge in [0.1, 0.15) is 0 Å². The highest BCUT2D eigenvalue weighted by molar-refractivity contribution is 7.89. The van der Waals surface area contributed by atoms with Gasteiger partial charge in [0.25, 0.3) is 5.91 Å². The fraction of sp³-hybridized carbons (Fsp3) is 0.351. The van der Waals surface area contributed by atoms with Crippen molar-refractivity contribution in [1.82, 2.24) is 9.21 Å². The molecule has 11 heteroatoms. The number of rotatable bonds is 14. The number of hydrogen-bond acceptors (Lipinski definition) is 8. The molecule has 0 saturated heterocycles. The van der Waals surface area contributed by atoms with Gasteiger partial charge in [-0.3, -0.25) is 4.79 Å². The van der Waals surface area contributed by atoms with Crippen molar-refractivity contribution >= 4 is 33.4 Å². The van der Waals surface area contributed by atoms with Crippen LogP contribution in [0.5, 0.6) is 0 Å². The molecule has 1 heterocycles. The Labute approximate surface area is 288 Å². The first-order valence-electron chi connectivity index (χ1n) is 15.9. The topological polar surface area (TPSA) is 130 Å². The van der Waals surface area contributed by atoms with Gasteiger partial charge < -0.3 is 15.6 Å². The maximum absolute atomic E-state index is 14.4. The van der Waals surface area contributed by atoms with Crippen molar-refractivity contribution in [2.24, 2.45) is 11.7 Å². The lowest BCUT2D eigenvalue weighted by atomic mass is 9.84. The minimum atomic E-state index is -3.98. The molecule has 0 aliphatic carbocycles. The molecule has 4 rings (SSSR count). The molecule has 0 bridgehead atoms. The van der Waals surface area contributed by atoms with E-state index in [2.05, 4.69) is 0 Å². The van der Waals surface area contributed by atoms with Crippen molar-refractivity contribution in [3.05, 3.63) is 124 Å². The Morgan fingerprint density at radius 1 is 0.875 bits per heavy atom. The van der Waals surface area contributed by atoms with Gasteiger partial charge in [-0.2, -0.15) is 4.31 Å². The summed E-state index contributed by atoms with van der Waals surface area (Å²) in [6.07, 6.45) is -0.294. The average Bonchev–Trinajstić information content (AvgIpc) is 3.59. The van der Waals surface area contributed by atoms with E-state index in [1.165, 1.54) is 34.9 Å². The van der Waals surface area contributed by atoms with E-state index < -0.39 is 52.2 Å². The molecule has 9 nitrogen and oxygen atoms in total. The first-order valence-corrected chi connectivity index (χ1v) is 18.2. The molecule has 2 amide bonds. The van der Waals surface area contributed by atoms with Gasteiger partial charge in [0.15, 0.2) is 0 Å². The van der Waals surface area contributed by atoms with Crippen molar-refractivity contribution in [2.45, 2.75) is 62.6 Å². The number of aliphatic hydroxyl groups is 1. The van der Waals surface area contributed by atoms with E-state index in [0.717, 1.165) is 16.0 Å². The van der Waals surface area contributed by atoms with Crippen molar-refractivity contribution in [1.29, 1.82) is 0 Å². The van der Waals surface area contributed by atoms with E-state index in [1.807, 2.05) is 74.5 Å². The van der Waals surface area contributed by atoms with Crippen LogP contribution < -0.4 is 5.73 Å². The predicted octanol–water partition coefficient (Wildman–Crippen LogP) is 6.51. The molecule has 0 fully saturated rings. The zero-order valence-corrected chi connectivity index (χ0v) is 29.7. The number of aliphatic hydroxyl groups excluding tert-OH is 1. The molecule has 1 unspecified atom stereocenters. The van der Waals surface area contributed by atoms with Crippen LogP contribution in [0.3, 0.4) is 0 Å². The molecule has 0 saturated carbocycles. The number of amides is 2. The lowest BCUT2D eigenvalue weighted by molar-refractivity contribution is -0.135. The van der Waals surface area contributed by atoms with Crippen molar-refractivity contribution in [2.75, 3.05) is 20.3 Å². The standard InChI is InChI=1S/C37H45N3O6S2/c1-26(2)23-24-39(48(44,45)29-19-13-8-14-20-29)30(25-41)31-21-22-32(47-31)37(3,4)40(36(43)46-5)35(42)34(38)33(27-15-9-6-10-16-27)28-17-11-7-12-18-28/h6-22,26,30,33-34,41H,23-25,38H2,1-5H3/t30?,34-/m0/s1. The summed E-state index contributed by atoms with van der Waals surface area (Å²) in [5.74, 6) is -0.975. The Bertz CT molecular complexity index is 1710. The van der Waals surface area contributed by atoms with Gasteiger partial charge >= 0.3 is 6.09 Å². The second kappa shape index (κ2) is 16.0. The number of sulfonamides is 1. The van der Waals surface area contributed by atoms with Gasteiger partial charge in [0, 0.05) is 22.2 Å². The van der Waals surface area contributed by atoms with E-state index in [-0.39, 0.29) is 17.4 Å². The summed E-state index contributed by atoms with van der Waals surface area (Å²) in [5, 5.41) is 10.7. The highest BCUT2D eigenvalue weighted by atomic mass is 32.2. The lowest BCUT2D eigenvalue weighted by Gasteiger charge is -2.38. The summed E-state index contributed by atoms with van der Waals surface area (Å²) in [6, 6.07) is 28.4. The predicted molar refractivity (Wildman–Crippen MR) is 189 cm³/mol. The van der Waals surface area contributed by atoms with Gasteiger partial charge in [-0.05, 0) is 61.6 Å². The number of imide groups is 1. The van der Waals surface area contributed by atoms with Crippen molar-refractivity contribution < 1.29 is 27.9 Å². The largest absolute Gasteiger partial charge is 0.452 e. The Balaban J connectivity index is 1.73. The second-order valence-electron chi connectivity index (χ2n) is 12.5. The van der Waals surface area contributed by atoms with Crippen LogP contribution in [0.2, 0.25) is 0 Å². The maximum atomic E-state index is 14.4. The van der Waals surface area contributed by atoms with Gasteiger partial charge in [-0.1, -0.05) is 92.7 Å². The number of nitrogens with zero attached hydrogens (tertiary/aromatic N) is 2. The molecule has 3 aromatic carbocycles. The quantitative estimate of drug-likeness (QED) is 0.154. The van der Waals surface area contributed by atoms with Crippen LogP contribution in [-0.4, -0.2) is 61.0 Å². The van der Waals surface area contributed by atoms with Crippen LogP contribution in [0, 0.1) is 5.92 Å². The van der Waals surface area contributed by atoms with Gasteiger partial charge in [0.2, 0.25) is 10.0 Å². The molecular formula is C37H45N3O6S2. The molecular weight excluding hydrogens is 647 g/mol. The van der Waals surface area contributed by atoms with E-state index in [4.69, 9.17) is 10.5 Å². The Morgan fingerprint density at radius 3 is 1.88 bits per heavy atom. The average molecular weight is 692 g/mol. The van der Waals surface area contributed by atoms with E-state index in [0.29, 0.717) is 16.2 Å².